The number of halogens is 1. The first kappa shape index (κ1) is 6.81. The van der Waals surface area contributed by atoms with Crippen molar-refractivity contribution in [2.75, 3.05) is 0 Å². The van der Waals surface area contributed by atoms with Crippen molar-refractivity contribution in [3.8, 4) is 0 Å². The number of nitrogens with zero attached hydrogens (tertiary/aromatic N) is 2. The Hall–Kier alpha value is -0.310. The van der Waals surface area contributed by atoms with Crippen LogP contribution in [0.15, 0.2) is 6.20 Å². The Morgan fingerprint density at radius 3 is 2.67 bits per heavy atom. The second kappa shape index (κ2) is 2.52. The lowest BCUT2D eigenvalue weighted by Crippen LogP contribution is -1.92. The maximum Gasteiger partial charge on any atom is 0.0532 e. The number of hydrogen-bond acceptors (Lipinski definition) is 1. The lowest BCUT2D eigenvalue weighted by Gasteiger charge is -1.93. The first-order chi connectivity index (χ1) is 4.25. The molecule has 0 fully saturated rings. The number of rotatable bonds is 1. The summed E-state index contributed by atoms with van der Waals surface area (Å²) in [5.41, 5.74) is 2.49. The van der Waals surface area contributed by atoms with Crippen molar-refractivity contribution in [1.29, 1.82) is 0 Å². The number of alkyl halides is 1. The zero-order valence-corrected chi connectivity index (χ0v) is 7.14. The van der Waals surface area contributed by atoms with Crippen LogP contribution in [0.5, 0.6) is 0 Å². The van der Waals surface area contributed by atoms with E-state index in [9.17, 15) is 0 Å². The standard InChI is InChI=1S/C6H9BrN2/c1-5-6(3-7)4-8-9(5)2/h4H,3H2,1-2H3. The largest absolute Gasteiger partial charge is 0.273 e. The van der Waals surface area contributed by atoms with E-state index >= 15 is 0 Å². The maximum atomic E-state index is 4.07. The minimum Gasteiger partial charge on any atom is -0.273 e. The highest BCUT2D eigenvalue weighted by molar-refractivity contribution is 9.08. The van der Waals surface area contributed by atoms with Crippen molar-refractivity contribution in [1.82, 2.24) is 9.78 Å². The minimum absolute atomic E-state index is 0.896. The van der Waals surface area contributed by atoms with E-state index in [0.29, 0.717) is 0 Å². The molecule has 9 heavy (non-hydrogen) atoms. The van der Waals surface area contributed by atoms with Gasteiger partial charge in [0, 0.05) is 23.6 Å². The van der Waals surface area contributed by atoms with Gasteiger partial charge in [0.1, 0.15) is 0 Å². The number of aromatic nitrogens is 2. The second-order valence-electron chi connectivity index (χ2n) is 2.01. The lowest BCUT2D eigenvalue weighted by molar-refractivity contribution is 0.739. The van der Waals surface area contributed by atoms with Crippen LogP contribution in [0.2, 0.25) is 0 Å². The van der Waals surface area contributed by atoms with Gasteiger partial charge in [0.15, 0.2) is 0 Å². The van der Waals surface area contributed by atoms with Crippen LogP contribution in [-0.4, -0.2) is 9.78 Å². The third kappa shape index (κ3) is 1.15. The lowest BCUT2D eigenvalue weighted by atomic mass is 10.3. The molecule has 1 rings (SSSR count). The van der Waals surface area contributed by atoms with Crippen molar-refractivity contribution in [3.63, 3.8) is 0 Å². The maximum absolute atomic E-state index is 4.07. The van der Waals surface area contributed by atoms with Gasteiger partial charge >= 0.3 is 0 Å². The molecule has 50 valence electrons. The van der Waals surface area contributed by atoms with Crippen molar-refractivity contribution < 1.29 is 0 Å². The quantitative estimate of drug-likeness (QED) is 0.614. The molecular formula is C6H9BrN2. The van der Waals surface area contributed by atoms with Gasteiger partial charge in [-0.25, -0.2) is 0 Å². The molecule has 0 bridgehead atoms. The second-order valence-corrected chi connectivity index (χ2v) is 2.57. The third-order valence-electron chi connectivity index (χ3n) is 1.48. The van der Waals surface area contributed by atoms with Gasteiger partial charge in [-0.2, -0.15) is 5.10 Å². The first-order valence-electron chi connectivity index (χ1n) is 2.79. The zero-order chi connectivity index (χ0) is 6.85. The third-order valence-corrected chi connectivity index (χ3v) is 2.08. The van der Waals surface area contributed by atoms with E-state index in [2.05, 4.69) is 28.0 Å². The molecule has 0 spiro atoms. The molecule has 2 nitrogen and oxygen atoms in total. The summed E-state index contributed by atoms with van der Waals surface area (Å²) in [5.74, 6) is 0. The molecule has 0 saturated carbocycles. The summed E-state index contributed by atoms with van der Waals surface area (Å²) in [5, 5.41) is 4.97. The van der Waals surface area contributed by atoms with Crippen molar-refractivity contribution >= 4 is 15.9 Å². The molecule has 0 amide bonds. The molecule has 1 heterocycles. The summed E-state index contributed by atoms with van der Waals surface area (Å²) in [6.45, 7) is 2.06. The summed E-state index contributed by atoms with van der Waals surface area (Å²) in [6, 6.07) is 0. The van der Waals surface area contributed by atoms with Crippen LogP contribution in [0.1, 0.15) is 11.3 Å². The highest BCUT2D eigenvalue weighted by Crippen LogP contribution is 2.08. The Kier molecular flexibility index (Phi) is 1.90. The number of hydrogen-bond donors (Lipinski definition) is 0. The first-order valence-corrected chi connectivity index (χ1v) is 3.91. The van der Waals surface area contributed by atoms with Gasteiger partial charge < -0.3 is 0 Å². The van der Waals surface area contributed by atoms with Crippen LogP contribution < -0.4 is 0 Å². The Balaban J connectivity index is 3.04. The SMILES string of the molecule is Cc1c(CBr)cnn1C. The molecule has 1 aromatic heterocycles. The van der Waals surface area contributed by atoms with Gasteiger partial charge in [-0.3, -0.25) is 4.68 Å². The molecule has 0 unspecified atom stereocenters. The Morgan fingerprint density at radius 1 is 1.78 bits per heavy atom. The van der Waals surface area contributed by atoms with Gasteiger partial charge in [-0.15, -0.1) is 0 Å². The summed E-state index contributed by atoms with van der Waals surface area (Å²) >= 11 is 3.37. The molecule has 0 aliphatic heterocycles. The van der Waals surface area contributed by atoms with E-state index in [1.54, 1.807) is 0 Å². The predicted octanol–water partition coefficient (Wildman–Crippen LogP) is 1.62. The summed E-state index contributed by atoms with van der Waals surface area (Å²) in [7, 11) is 1.95. The molecular weight excluding hydrogens is 180 g/mol. The van der Waals surface area contributed by atoms with Crippen LogP contribution in [0.3, 0.4) is 0 Å². The Labute approximate surface area is 63.0 Å². The van der Waals surface area contributed by atoms with Gasteiger partial charge in [0.25, 0.3) is 0 Å². The zero-order valence-electron chi connectivity index (χ0n) is 5.56. The summed E-state index contributed by atoms with van der Waals surface area (Å²) < 4.78 is 1.87. The van der Waals surface area contributed by atoms with Gasteiger partial charge in [0.2, 0.25) is 0 Å². The fraction of sp³-hybridized carbons (Fsp3) is 0.500. The fourth-order valence-corrected chi connectivity index (χ4v) is 1.23. The molecule has 3 heteroatoms. The van der Waals surface area contributed by atoms with E-state index in [1.807, 2.05) is 17.9 Å². The molecule has 0 N–H and O–H groups in total. The van der Waals surface area contributed by atoms with E-state index in [4.69, 9.17) is 0 Å². The monoisotopic (exact) mass is 188 g/mol. The molecule has 0 aliphatic rings. The molecule has 0 aromatic carbocycles. The van der Waals surface area contributed by atoms with Gasteiger partial charge in [-0.1, -0.05) is 15.9 Å². The van der Waals surface area contributed by atoms with E-state index < -0.39 is 0 Å². The van der Waals surface area contributed by atoms with Crippen molar-refractivity contribution in [2.24, 2.45) is 7.05 Å². The Morgan fingerprint density at radius 2 is 2.44 bits per heavy atom. The molecule has 0 atom stereocenters. The minimum atomic E-state index is 0.896. The smallest absolute Gasteiger partial charge is 0.0532 e. The summed E-state index contributed by atoms with van der Waals surface area (Å²) in [6.07, 6.45) is 1.88. The van der Waals surface area contributed by atoms with Crippen LogP contribution in [0.25, 0.3) is 0 Å². The van der Waals surface area contributed by atoms with E-state index in [-0.39, 0.29) is 0 Å². The average Bonchev–Trinajstić information content (AvgIpc) is 2.15. The van der Waals surface area contributed by atoms with Crippen LogP contribution in [0, 0.1) is 6.92 Å². The molecule has 0 radical (unpaired) electrons. The van der Waals surface area contributed by atoms with Crippen molar-refractivity contribution in [3.05, 3.63) is 17.5 Å². The van der Waals surface area contributed by atoms with Crippen LogP contribution >= 0.6 is 15.9 Å². The topological polar surface area (TPSA) is 17.8 Å². The number of aryl methyl sites for hydroxylation is 1. The fourth-order valence-electron chi connectivity index (χ4n) is 0.675. The summed E-state index contributed by atoms with van der Waals surface area (Å²) in [4.78, 5) is 0. The average molecular weight is 189 g/mol. The predicted molar refractivity (Wildman–Crippen MR) is 40.6 cm³/mol. The highest BCUT2D eigenvalue weighted by Gasteiger charge is 1.98. The molecule has 0 saturated heterocycles. The van der Waals surface area contributed by atoms with Crippen molar-refractivity contribution in [2.45, 2.75) is 12.3 Å². The molecule has 1 aromatic rings. The normalized spacial score (nSPS) is 10.1. The Bertz CT molecular complexity index is 205. The van der Waals surface area contributed by atoms with Gasteiger partial charge in [0.05, 0.1) is 6.20 Å². The van der Waals surface area contributed by atoms with Crippen LogP contribution in [-0.2, 0) is 12.4 Å². The van der Waals surface area contributed by atoms with E-state index in [0.717, 1.165) is 5.33 Å². The highest BCUT2D eigenvalue weighted by atomic mass is 79.9. The van der Waals surface area contributed by atoms with Gasteiger partial charge in [-0.05, 0) is 6.92 Å². The molecule has 0 aliphatic carbocycles. The van der Waals surface area contributed by atoms with Crippen LogP contribution in [0.4, 0.5) is 0 Å². The van der Waals surface area contributed by atoms with E-state index in [1.165, 1.54) is 11.3 Å².